The highest BCUT2D eigenvalue weighted by atomic mass is 19.1. The van der Waals surface area contributed by atoms with E-state index in [-0.39, 0.29) is 51.5 Å². The first kappa shape index (κ1) is 27.6. The largest absolute Gasteiger partial charge is 0.508 e. The molecule has 1 amide bonds. The smallest absolute Gasteiger partial charge is 0.264 e. The fourth-order valence-electron chi connectivity index (χ4n) is 4.92. The van der Waals surface area contributed by atoms with Gasteiger partial charge in [0.15, 0.2) is 5.65 Å². The lowest BCUT2D eigenvalue weighted by Gasteiger charge is -2.33. The van der Waals surface area contributed by atoms with Crippen LogP contribution in [0.5, 0.6) is 17.2 Å². The summed E-state index contributed by atoms with van der Waals surface area (Å²) in [6.45, 7) is 6.62. The highest BCUT2D eigenvalue weighted by molar-refractivity contribution is 5.99. The fraction of sp³-hybridized carbons (Fsp3) is 0.300. The summed E-state index contributed by atoms with van der Waals surface area (Å²) in [5.41, 5.74) is 6.92. The van der Waals surface area contributed by atoms with Crippen LogP contribution in [0.2, 0.25) is 0 Å². The van der Waals surface area contributed by atoms with Gasteiger partial charge in [-0.15, -0.1) is 0 Å². The van der Waals surface area contributed by atoms with Crippen molar-refractivity contribution in [3.8, 4) is 34.6 Å². The van der Waals surface area contributed by atoms with Gasteiger partial charge in [0, 0.05) is 24.7 Å². The molecule has 0 radical (unpaired) electrons. The van der Waals surface area contributed by atoms with Crippen LogP contribution < -0.4 is 10.5 Å². The average Bonchev–Trinajstić information content (AvgIpc) is 3.33. The number of hydrogen-bond donors (Lipinski definition) is 2. The number of nitriles is 1. The quantitative estimate of drug-likeness (QED) is 0.247. The molecule has 0 saturated carbocycles. The van der Waals surface area contributed by atoms with Gasteiger partial charge in [0.2, 0.25) is 0 Å². The summed E-state index contributed by atoms with van der Waals surface area (Å²) in [4.78, 5) is 23.4. The maximum absolute atomic E-state index is 15.5. The molecule has 1 saturated heterocycles. The van der Waals surface area contributed by atoms with Crippen molar-refractivity contribution in [3.63, 3.8) is 0 Å². The van der Waals surface area contributed by atoms with Crippen molar-refractivity contribution < 1.29 is 19.0 Å². The van der Waals surface area contributed by atoms with Gasteiger partial charge in [-0.05, 0) is 54.7 Å². The molecule has 4 aromatic rings. The highest BCUT2D eigenvalue weighted by Crippen LogP contribution is 2.36. The lowest BCUT2D eigenvalue weighted by molar-refractivity contribution is -0.128. The zero-order valence-electron chi connectivity index (χ0n) is 23.0. The monoisotopic (exact) mass is 555 g/mol. The summed E-state index contributed by atoms with van der Waals surface area (Å²) >= 11 is 0. The van der Waals surface area contributed by atoms with E-state index in [1.807, 2.05) is 26.8 Å². The van der Waals surface area contributed by atoms with Gasteiger partial charge < -0.3 is 20.5 Å². The number of aromatic hydroxyl groups is 1. The minimum absolute atomic E-state index is 0.0958. The Morgan fingerprint density at radius 1 is 1.20 bits per heavy atom. The number of piperidine rings is 1. The van der Waals surface area contributed by atoms with Crippen molar-refractivity contribution in [3.05, 3.63) is 66.3 Å². The van der Waals surface area contributed by atoms with Crippen molar-refractivity contribution in [1.29, 1.82) is 5.26 Å². The Kier molecular flexibility index (Phi) is 7.32. The Morgan fingerprint density at radius 2 is 1.93 bits per heavy atom. The molecule has 11 heteroatoms. The third-order valence-corrected chi connectivity index (χ3v) is 6.74. The number of allylic oxidation sites excluding steroid dienone is 1. The molecule has 0 spiro atoms. The first-order valence-electron chi connectivity index (χ1n) is 13.2. The molecule has 0 unspecified atom stereocenters. The number of nitrogens with two attached hydrogens (primary N) is 1. The standard InChI is InChI=1S/C30H30FN7O3/c1-30(2,3)14-18(15-32)29(40)37-12-4-5-19(16-37)38-28-25(27(33)34-17-35-28)26(36-38)23-11-10-22(13-24(23)31)41-21-8-6-20(39)7-9-21/h6-11,13-14,17,19,39H,4-5,12,16H2,1-3H3,(H2,33,34,35)/b18-14-/t19-/m1/s1. The minimum Gasteiger partial charge on any atom is -0.508 e. The number of ether oxygens (including phenoxy) is 1. The second-order valence-corrected chi connectivity index (χ2v) is 11.1. The Labute approximate surface area is 236 Å². The first-order chi connectivity index (χ1) is 19.5. The van der Waals surface area contributed by atoms with E-state index in [9.17, 15) is 15.2 Å². The average molecular weight is 556 g/mol. The summed E-state index contributed by atoms with van der Waals surface area (Å²) in [6.07, 6.45) is 4.42. The molecule has 0 aliphatic carbocycles. The predicted molar refractivity (Wildman–Crippen MR) is 151 cm³/mol. The molecule has 3 N–H and O–H groups in total. The van der Waals surface area contributed by atoms with Gasteiger partial charge in [-0.25, -0.2) is 19.0 Å². The van der Waals surface area contributed by atoms with Gasteiger partial charge in [-0.3, -0.25) is 4.79 Å². The number of fused-ring (bicyclic) bond motifs is 1. The molecular weight excluding hydrogens is 525 g/mol. The van der Waals surface area contributed by atoms with E-state index in [1.54, 1.807) is 39.9 Å². The molecule has 41 heavy (non-hydrogen) atoms. The number of halogens is 1. The van der Waals surface area contributed by atoms with Crippen molar-refractivity contribution in [2.24, 2.45) is 5.41 Å². The van der Waals surface area contributed by atoms with Gasteiger partial charge in [0.05, 0.1) is 11.4 Å². The van der Waals surface area contributed by atoms with E-state index in [1.165, 1.54) is 24.5 Å². The summed E-state index contributed by atoms with van der Waals surface area (Å²) < 4.78 is 22.9. The normalized spacial score (nSPS) is 16.0. The second kappa shape index (κ2) is 10.9. The number of anilines is 1. The van der Waals surface area contributed by atoms with Crippen LogP contribution in [-0.4, -0.2) is 48.8 Å². The number of likely N-dealkylation sites (tertiary alicyclic amines) is 1. The molecule has 1 fully saturated rings. The number of nitrogens with zero attached hydrogens (tertiary/aromatic N) is 6. The number of carbonyl (C=O) groups is 1. The third kappa shape index (κ3) is 5.82. The van der Waals surface area contributed by atoms with Crippen LogP contribution in [0.25, 0.3) is 22.3 Å². The topological polar surface area (TPSA) is 143 Å². The fourth-order valence-corrected chi connectivity index (χ4v) is 4.92. The van der Waals surface area contributed by atoms with Crippen molar-refractivity contribution in [2.45, 2.75) is 39.7 Å². The van der Waals surface area contributed by atoms with Crippen LogP contribution in [0.3, 0.4) is 0 Å². The van der Waals surface area contributed by atoms with E-state index in [0.29, 0.717) is 42.7 Å². The summed E-state index contributed by atoms with van der Waals surface area (Å²) in [7, 11) is 0. The van der Waals surface area contributed by atoms with Gasteiger partial charge in [0.25, 0.3) is 5.91 Å². The molecule has 10 nitrogen and oxygen atoms in total. The van der Waals surface area contributed by atoms with E-state index in [2.05, 4.69) is 9.97 Å². The summed E-state index contributed by atoms with van der Waals surface area (Å²) in [5, 5.41) is 24.3. The molecular formula is C30H30FN7O3. The first-order valence-corrected chi connectivity index (χ1v) is 13.2. The number of rotatable bonds is 5. The number of amides is 1. The third-order valence-electron chi connectivity index (χ3n) is 6.74. The zero-order chi connectivity index (χ0) is 29.3. The molecule has 2 aromatic heterocycles. The molecule has 210 valence electrons. The predicted octanol–water partition coefficient (Wildman–Crippen LogP) is 5.37. The zero-order valence-corrected chi connectivity index (χ0v) is 23.0. The van der Waals surface area contributed by atoms with E-state index in [0.717, 1.165) is 0 Å². The van der Waals surface area contributed by atoms with Crippen LogP contribution in [0, 0.1) is 22.6 Å². The van der Waals surface area contributed by atoms with Crippen LogP contribution in [0.1, 0.15) is 39.7 Å². The second-order valence-electron chi connectivity index (χ2n) is 11.1. The van der Waals surface area contributed by atoms with Crippen LogP contribution in [0.4, 0.5) is 10.2 Å². The number of phenolic OH excluding ortho intramolecular Hbond substituents is 1. The Balaban J connectivity index is 1.48. The van der Waals surface area contributed by atoms with Gasteiger partial charge in [0.1, 0.15) is 52.5 Å². The van der Waals surface area contributed by atoms with Gasteiger partial charge >= 0.3 is 0 Å². The van der Waals surface area contributed by atoms with Crippen molar-refractivity contribution in [1.82, 2.24) is 24.6 Å². The van der Waals surface area contributed by atoms with Gasteiger partial charge in [-0.2, -0.15) is 10.4 Å². The summed E-state index contributed by atoms with van der Waals surface area (Å²) in [5.74, 6) is 0.0523. The Hall–Kier alpha value is -4.98. The lowest BCUT2D eigenvalue weighted by atomic mass is 9.93. The molecule has 5 rings (SSSR count). The maximum atomic E-state index is 15.5. The number of aromatic nitrogens is 4. The van der Waals surface area contributed by atoms with Gasteiger partial charge in [-0.1, -0.05) is 26.8 Å². The molecule has 1 aliphatic heterocycles. The molecule has 0 bridgehead atoms. The van der Waals surface area contributed by atoms with Crippen LogP contribution in [0.15, 0.2) is 60.4 Å². The number of phenols is 1. The highest BCUT2D eigenvalue weighted by Gasteiger charge is 2.31. The van der Waals surface area contributed by atoms with E-state index in [4.69, 9.17) is 15.6 Å². The minimum atomic E-state index is -0.581. The number of nitrogen functional groups attached to an aromatic ring is 1. The van der Waals surface area contributed by atoms with Crippen molar-refractivity contribution in [2.75, 3.05) is 18.8 Å². The SMILES string of the molecule is CC(C)(C)/C=C(/C#N)C(=O)N1CCC[C@@H](n2nc(-c3ccc(Oc4ccc(O)cc4)cc3F)c3c(N)ncnc32)C1. The molecule has 2 aromatic carbocycles. The van der Waals surface area contributed by atoms with Crippen molar-refractivity contribution >= 4 is 22.8 Å². The number of benzene rings is 2. The van der Waals surface area contributed by atoms with Crippen LogP contribution >= 0.6 is 0 Å². The Morgan fingerprint density at radius 3 is 2.61 bits per heavy atom. The number of carbonyl (C=O) groups excluding carboxylic acids is 1. The summed E-state index contributed by atoms with van der Waals surface area (Å²) in [6, 6.07) is 12.3. The van der Waals surface area contributed by atoms with E-state index < -0.39 is 5.82 Å². The molecule has 1 aliphatic rings. The maximum Gasteiger partial charge on any atom is 0.264 e. The lowest BCUT2D eigenvalue weighted by Crippen LogP contribution is -2.41. The number of hydrogen-bond acceptors (Lipinski definition) is 8. The van der Waals surface area contributed by atoms with Crippen LogP contribution in [-0.2, 0) is 4.79 Å². The molecule has 1 atom stereocenters. The van der Waals surface area contributed by atoms with E-state index >= 15 is 4.39 Å². The Bertz CT molecular complexity index is 1680. The molecule has 3 heterocycles.